The molecule has 0 heterocycles. The first-order valence-corrected chi connectivity index (χ1v) is 7.35. The summed E-state index contributed by atoms with van der Waals surface area (Å²) in [5.41, 5.74) is 0. The molecule has 0 spiro atoms. The van der Waals surface area contributed by atoms with Gasteiger partial charge in [0.05, 0.1) is 6.07 Å². The van der Waals surface area contributed by atoms with Crippen molar-refractivity contribution in [1.29, 1.82) is 5.26 Å². The van der Waals surface area contributed by atoms with Crippen molar-refractivity contribution in [3.63, 3.8) is 0 Å². The van der Waals surface area contributed by atoms with Crippen LogP contribution in [0.3, 0.4) is 0 Å². The number of thioether (sulfide) groups is 1. The number of sulfonamides is 1. The predicted molar refractivity (Wildman–Crippen MR) is 64.1 cm³/mol. The van der Waals surface area contributed by atoms with Gasteiger partial charge in [0.1, 0.15) is 0 Å². The van der Waals surface area contributed by atoms with E-state index >= 15 is 0 Å². The van der Waals surface area contributed by atoms with Gasteiger partial charge >= 0.3 is 0 Å². The molecule has 1 atom stereocenters. The second-order valence-corrected chi connectivity index (χ2v) is 5.93. The van der Waals surface area contributed by atoms with Crippen molar-refractivity contribution in [1.82, 2.24) is 4.72 Å². The molecule has 0 aliphatic heterocycles. The van der Waals surface area contributed by atoms with Gasteiger partial charge in [0.2, 0.25) is 10.0 Å². The summed E-state index contributed by atoms with van der Waals surface area (Å²) in [6.07, 6.45) is 2.08. The third-order valence-electron chi connectivity index (χ3n) is 1.67. The zero-order valence-corrected chi connectivity index (χ0v) is 10.4. The van der Waals surface area contributed by atoms with Gasteiger partial charge in [-0.2, -0.15) is 17.0 Å². The Bertz CT molecular complexity index is 319. The Kier molecular flexibility index (Phi) is 7.48. The van der Waals surface area contributed by atoms with Crippen molar-refractivity contribution in [3.05, 3.63) is 12.7 Å². The zero-order chi connectivity index (χ0) is 11.7. The SMILES string of the molecule is C=CCSCCNS(=O)(=O)C(C#N)CC. The molecule has 0 aromatic carbocycles. The molecule has 86 valence electrons. The monoisotopic (exact) mass is 248 g/mol. The van der Waals surface area contributed by atoms with Crippen LogP contribution >= 0.6 is 11.8 Å². The summed E-state index contributed by atoms with van der Waals surface area (Å²) < 4.78 is 25.3. The number of nitrogens with one attached hydrogen (secondary N) is 1. The Hall–Kier alpha value is -0.510. The van der Waals surface area contributed by atoms with Gasteiger partial charge in [-0.15, -0.1) is 6.58 Å². The van der Waals surface area contributed by atoms with E-state index in [1.165, 1.54) is 0 Å². The van der Waals surface area contributed by atoms with Crippen molar-refractivity contribution < 1.29 is 8.42 Å². The van der Waals surface area contributed by atoms with Crippen LogP contribution in [0, 0.1) is 11.3 Å². The number of nitriles is 1. The van der Waals surface area contributed by atoms with Crippen LogP contribution in [0.25, 0.3) is 0 Å². The van der Waals surface area contributed by atoms with Crippen LogP contribution in [-0.4, -0.2) is 31.7 Å². The van der Waals surface area contributed by atoms with Gasteiger partial charge in [-0.3, -0.25) is 0 Å². The van der Waals surface area contributed by atoms with Crippen LogP contribution in [0.1, 0.15) is 13.3 Å². The van der Waals surface area contributed by atoms with Crippen LogP contribution < -0.4 is 4.72 Å². The minimum Gasteiger partial charge on any atom is -0.213 e. The van der Waals surface area contributed by atoms with E-state index in [1.807, 2.05) is 0 Å². The third kappa shape index (κ3) is 5.82. The number of hydrogen-bond acceptors (Lipinski definition) is 4. The molecule has 0 fully saturated rings. The highest BCUT2D eigenvalue weighted by Crippen LogP contribution is 2.03. The van der Waals surface area contributed by atoms with Crippen molar-refractivity contribution in [3.8, 4) is 6.07 Å². The fourth-order valence-corrected chi connectivity index (χ4v) is 2.78. The Labute approximate surface area is 95.8 Å². The minimum atomic E-state index is -3.46. The molecule has 0 aromatic heterocycles. The second kappa shape index (κ2) is 7.74. The molecule has 0 bridgehead atoms. The average molecular weight is 248 g/mol. The second-order valence-electron chi connectivity index (χ2n) is 2.83. The van der Waals surface area contributed by atoms with Gasteiger partial charge in [-0.05, 0) is 6.42 Å². The van der Waals surface area contributed by atoms with Crippen LogP contribution in [0.5, 0.6) is 0 Å². The molecule has 0 aromatic rings. The van der Waals surface area contributed by atoms with Gasteiger partial charge < -0.3 is 0 Å². The normalized spacial score (nSPS) is 13.1. The summed E-state index contributed by atoms with van der Waals surface area (Å²) in [4.78, 5) is 0. The fourth-order valence-electron chi connectivity index (χ4n) is 0.903. The van der Waals surface area contributed by atoms with E-state index in [-0.39, 0.29) is 0 Å². The van der Waals surface area contributed by atoms with Gasteiger partial charge in [0.15, 0.2) is 5.25 Å². The zero-order valence-electron chi connectivity index (χ0n) is 8.77. The Morgan fingerprint density at radius 2 is 2.33 bits per heavy atom. The van der Waals surface area contributed by atoms with Crippen LogP contribution in [0.2, 0.25) is 0 Å². The topological polar surface area (TPSA) is 70.0 Å². The van der Waals surface area contributed by atoms with E-state index in [0.717, 1.165) is 5.75 Å². The number of nitrogens with zero attached hydrogens (tertiary/aromatic N) is 1. The van der Waals surface area contributed by atoms with Gasteiger partial charge in [-0.1, -0.05) is 13.0 Å². The minimum absolute atomic E-state index is 0.311. The van der Waals surface area contributed by atoms with Crippen LogP contribution in [0.4, 0.5) is 0 Å². The predicted octanol–water partition coefficient (Wildman–Crippen LogP) is 1.13. The highest BCUT2D eigenvalue weighted by molar-refractivity contribution is 7.99. The molecule has 0 amide bonds. The summed E-state index contributed by atoms with van der Waals surface area (Å²) in [6, 6.07) is 1.77. The van der Waals surface area contributed by atoms with Gasteiger partial charge in [-0.25, -0.2) is 13.1 Å². The molecular formula is C9H16N2O2S2. The smallest absolute Gasteiger partial charge is 0.213 e. The Morgan fingerprint density at radius 3 is 2.80 bits per heavy atom. The summed E-state index contributed by atoms with van der Waals surface area (Å²) >= 11 is 1.59. The molecule has 6 heteroatoms. The standard InChI is InChI=1S/C9H16N2O2S2/c1-3-6-14-7-5-11-15(12,13)9(4-2)8-10/h3,9,11H,1,4-7H2,2H3. The molecule has 0 saturated carbocycles. The third-order valence-corrected chi connectivity index (χ3v) is 4.43. The van der Waals surface area contributed by atoms with E-state index < -0.39 is 15.3 Å². The van der Waals surface area contributed by atoms with Crippen molar-refractivity contribution >= 4 is 21.8 Å². The molecule has 0 radical (unpaired) electrons. The lowest BCUT2D eigenvalue weighted by molar-refractivity contribution is 0.575. The first kappa shape index (κ1) is 14.5. The highest BCUT2D eigenvalue weighted by Gasteiger charge is 2.22. The molecule has 15 heavy (non-hydrogen) atoms. The van der Waals surface area contributed by atoms with Crippen molar-refractivity contribution in [2.24, 2.45) is 0 Å². The largest absolute Gasteiger partial charge is 0.227 e. The first-order valence-electron chi connectivity index (χ1n) is 4.65. The highest BCUT2D eigenvalue weighted by atomic mass is 32.2. The van der Waals surface area contributed by atoms with Gasteiger partial charge in [0, 0.05) is 18.1 Å². The fraction of sp³-hybridized carbons (Fsp3) is 0.667. The number of hydrogen-bond donors (Lipinski definition) is 1. The van der Waals surface area contributed by atoms with E-state index in [0.29, 0.717) is 18.7 Å². The maximum Gasteiger partial charge on any atom is 0.227 e. The molecule has 0 aliphatic carbocycles. The Morgan fingerprint density at radius 1 is 1.67 bits per heavy atom. The van der Waals surface area contributed by atoms with E-state index in [9.17, 15) is 8.42 Å². The first-order chi connectivity index (χ1) is 7.08. The maximum absolute atomic E-state index is 11.5. The van der Waals surface area contributed by atoms with E-state index in [4.69, 9.17) is 5.26 Å². The molecular weight excluding hydrogens is 232 g/mol. The lowest BCUT2D eigenvalue weighted by atomic mass is 10.4. The molecule has 4 nitrogen and oxygen atoms in total. The van der Waals surface area contributed by atoms with Crippen molar-refractivity contribution in [2.45, 2.75) is 18.6 Å². The number of rotatable bonds is 8. The lowest BCUT2D eigenvalue weighted by Gasteiger charge is -2.09. The summed E-state index contributed by atoms with van der Waals surface area (Å²) in [6.45, 7) is 5.60. The van der Waals surface area contributed by atoms with Crippen LogP contribution in [-0.2, 0) is 10.0 Å². The molecule has 0 saturated heterocycles. The molecule has 1 unspecified atom stereocenters. The van der Waals surface area contributed by atoms with Crippen LogP contribution in [0.15, 0.2) is 12.7 Å². The summed E-state index contributed by atoms with van der Waals surface area (Å²) in [5.74, 6) is 1.49. The summed E-state index contributed by atoms with van der Waals surface area (Å²) in [5, 5.41) is 7.67. The molecule has 1 N–H and O–H groups in total. The Balaban J connectivity index is 3.95. The maximum atomic E-state index is 11.5. The molecule has 0 aliphatic rings. The van der Waals surface area contributed by atoms with Gasteiger partial charge in [0.25, 0.3) is 0 Å². The quantitative estimate of drug-likeness (QED) is 0.516. The molecule has 0 rings (SSSR count). The lowest BCUT2D eigenvalue weighted by Crippen LogP contribution is -2.34. The van der Waals surface area contributed by atoms with E-state index in [1.54, 1.807) is 30.8 Å². The van der Waals surface area contributed by atoms with E-state index in [2.05, 4.69) is 11.3 Å². The summed E-state index contributed by atoms with van der Waals surface area (Å²) in [7, 11) is -3.46. The van der Waals surface area contributed by atoms with Crippen molar-refractivity contribution in [2.75, 3.05) is 18.1 Å². The average Bonchev–Trinajstić information content (AvgIpc) is 2.18.